The highest BCUT2D eigenvalue weighted by molar-refractivity contribution is 7.99. The number of hydrogen-bond donors (Lipinski definition) is 2. The van der Waals surface area contributed by atoms with Crippen molar-refractivity contribution in [1.82, 2.24) is 10.2 Å². The Bertz CT molecular complexity index is 589. The van der Waals surface area contributed by atoms with Crippen molar-refractivity contribution in [2.45, 2.75) is 31.2 Å². The molecular formula is C14H16FN3S. The van der Waals surface area contributed by atoms with Gasteiger partial charge in [0.25, 0.3) is 0 Å². The highest BCUT2D eigenvalue weighted by Crippen LogP contribution is 2.39. The van der Waals surface area contributed by atoms with E-state index in [-0.39, 0.29) is 11.9 Å². The molecule has 2 N–H and O–H groups in total. The molecule has 0 aliphatic carbocycles. The Hall–Kier alpha value is -1.49. The van der Waals surface area contributed by atoms with Crippen molar-refractivity contribution in [3.8, 4) is 0 Å². The Morgan fingerprint density at radius 3 is 3.00 bits per heavy atom. The Labute approximate surface area is 116 Å². The second-order valence-corrected chi connectivity index (χ2v) is 5.91. The van der Waals surface area contributed by atoms with Gasteiger partial charge in [-0.3, -0.25) is 5.10 Å². The van der Waals surface area contributed by atoms with Crippen molar-refractivity contribution in [1.29, 1.82) is 0 Å². The molecule has 1 aliphatic heterocycles. The van der Waals surface area contributed by atoms with Gasteiger partial charge < -0.3 is 5.32 Å². The minimum Gasteiger partial charge on any atom is -0.375 e. The smallest absolute Gasteiger partial charge is 0.137 e. The third kappa shape index (κ3) is 2.23. The molecule has 3 rings (SSSR count). The van der Waals surface area contributed by atoms with E-state index in [4.69, 9.17) is 0 Å². The molecule has 0 spiro atoms. The van der Waals surface area contributed by atoms with Crippen molar-refractivity contribution in [3.63, 3.8) is 0 Å². The van der Waals surface area contributed by atoms with E-state index in [0.29, 0.717) is 0 Å². The number of aromatic nitrogens is 2. The largest absolute Gasteiger partial charge is 0.375 e. The van der Waals surface area contributed by atoms with Crippen LogP contribution in [0.3, 0.4) is 0 Å². The molecule has 2 aromatic rings. The normalized spacial score (nSPS) is 18.2. The molecule has 1 unspecified atom stereocenters. The summed E-state index contributed by atoms with van der Waals surface area (Å²) in [4.78, 5) is 0.782. The van der Waals surface area contributed by atoms with Crippen LogP contribution in [0.25, 0.3) is 0 Å². The van der Waals surface area contributed by atoms with E-state index in [2.05, 4.69) is 15.5 Å². The molecule has 0 radical (unpaired) electrons. The van der Waals surface area contributed by atoms with Gasteiger partial charge in [0.2, 0.25) is 0 Å². The molecule has 2 heterocycles. The topological polar surface area (TPSA) is 40.7 Å². The van der Waals surface area contributed by atoms with Crippen LogP contribution in [0.2, 0.25) is 0 Å². The van der Waals surface area contributed by atoms with Gasteiger partial charge in [0.05, 0.1) is 23.1 Å². The second-order valence-electron chi connectivity index (χ2n) is 4.80. The number of rotatable bonds is 2. The molecule has 1 atom stereocenters. The first kappa shape index (κ1) is 12.5. The van der Waals surface area contributed by atoms with Crippen LogP contribution in [0.15, 0.2) is 23.1 Å². The highest BCUT2D eigenvalue weighted by atomic mass is 32.2. The Morgan fingerprint density at radius 2 is 2.26 bits per heavy atom. The van der Waals surface area contributed by atoms with Crippen molar-refractivity contribution in [2.75, 3.05) is 11.1 Å². The predicted molar refractivity (Wildman–Crippen MR) is 76.2 cm³/mol. The van der Waals surface area contributed by atoms with E-state index < -0.39 is 0 Å². The summed E-state index contributed by atoms with van der Waals surface area (Å²) in [6.45, 7) is 3.96. The minimum atomic E-state index is -0.116. The van der Waals surface area contributed by atoms with Crippen molar-refractivity contribution in [3.05, 3.63) is 41.0 Å². The molecule has 19 heavy (non-hydrogen) atoms. The summed E-state index contributed by atoms with van der Waals surface area (Å²) in [7, 11) is 0. The van der Waals surface area contributed by atoms with Gasteiger partial charge >= 0.3 is 0 Å². The van der Waals surface area contributed by atoms with Crippen LogP contribution in [0.4, 0.5) is 10.1 Å². The summed E-state index contributed by atoms with van der Waals surface area (Å²) in [6.07, 6.45) is 0.991. The van der Waals surface area contributed by atoms with Gasteiger partial charge in [0.15, 0.2) is 0 Å². The van der Waals surface area contributed by atoms with Crippen LogP contribution >= 0.6 is 11.8 Å². The number of nitrogens with one attached hydrogen (secondary N) is 2. The predicted octanol–water partition coefficient (Wildman–Crippen LogP) is 3.81. The summed E-state index contributed by atoms with van der Waals surface area (Å²) >= 11 is 1.60. The zero-order valence-corrected chi connectivity index (χ0v) is 11.8. The fourth-order valence-corrected chi connectivity index (χ4v) is 3.61. The number of benzene rings is 1. The third-order valence-corrected chi connectivity index (χ3v) is 4.63. The molecule has 1 aromatic heterocycles. The second kappa shape index (κ2) is 4.89. The number of fused-ring (bicyclic) bond motifs is 1. The van der Waals surface area contributed by atoms with Gasteiger partial charge in [-0.2, -0.15) is 5.10 Å². The average Bonchev–Trinajstić information content (AvgIpc) is 2.72. The summed E-state index contributed by atoms with van der Waals surface area (Å²) in [5.74, 6) is 0.816. The fraction of sp³-hybridized carbons (Fsp3) is 0.357. The van der Waals surface area contributed by atoms with Crippen LogP contribution in [-0.4, -0.2) is 16.0 Å². The lowest BCUT2D eigenvalue weighted by molar-refractivity contribution is 0.585. The number of H-pyrrole nitrogens is 1. The number of aryl methyl sites for hydroxylation is 2. The molecule has 1 aromatic carbocycles. The first-order valence-corrected chi connectivity index (χ1v) is 7.34. The molecule has 0 saturated carbocycles. The highest BCUT2D eigenvalue weighted by Gasteiger charge is 2.24. The number of thioether (sulfide) groups is 1. The van der Waals surface area contributed by atoms with Crippen molar-refractivity contribution in [2.24, 2.45) is 0 Å². The third-order valence-electron chi connectivity index (χ3n) is 3.47. The van der Waals surface area contributed by atoms with E-state index in [1.807, 2.05) is 19.9 Å². The first-order valence-electron chi connectivity index (χ1n) is 6.36. The fourth-order valence-electron chi connectivity index (χ4n) is 2.47. The number of anilines is 1. The molecule has 100 valence electrons. The number of aromatic amines is 1. The summed E-state index contributed by atoms with van der Waals surface area (Å²) in [5, 5.41) is 10.7. The Morgan fingerprint density at radius 1 is 1.42 bits per heavy atom. The van der Waals surface area contributed by atoms with E-state index in [9.17, 15) is 4.39 Å². The maximum atomic E-state index is 13.8. The van der Waals surface area contributed by atoms with Crippen LogP contribution in [0.5, 0.6) is 0 Å². The van der Waals surface area contributed by atoms with E-state index in [1.165, 1.54) is 6.07 Å². The zero-order valence-electron chi connectivity index (χ0n) is 11.0. The van der Waals surface area contributed by atoms with Gasteiger partial charge in [-0.05, 0) is 31.9 Å². The minimum absolute atomic E-state index is 0.116. The van der Waals surface area contributed by atoms with E-state index >= 15 is 0 Å². The standard InChI is InChI=1S/C14H16FN3S/c1-8-13(9(2)18-17-8)16-12-6-7-19-14-10(12)4-3-5-11(14)15/h3-5,12,16H,6-7H2,1-2H3,(H,17,18). The van der Waals surface area contributed by atoms with Crippen LogP contribution < -0.4 is 5.32 Å². The molecule has 3 nitrogen and oxygen atoms in total. The monoisotopic (exact) mass is 277 g/mol. The Kier molecular flexibility index (Phi) is 3.22. The van der Waals surface area contributed by atoms with Crippen LogP contribution in [-0.2, 0) is 0 Å². The molecule has 0 bridgehead atoms. The molecule has 1 aliphatic rings. The maximum Gasteiger partial charge on any atom is 0.137 e. The Balaban J connectivity index is 1.94. The summed E-state index contributed by atoms with van der Waals surface area (Å²) < 4.78 is 13.8. The van der Waals surface area contributed by atoms with Crippen LogP contribution in [0, 0.1) is 19.7 Å². The molecule has 0 fully saturated rings. The lowest BCUT2D eigenvalue weighted by Crippen LogP contribution is -2.17. The SMILES string of the molecule is Cc1n[nH]c(C)c1NC1CCSc2c(F)cccc21. The van der Waals surface area contributed by atoms with E-state index in [1.54, 1.807) is 17.8 Å². The molecule has 0 saturated heterocycles. The van der Waals surface area contributed by atoms with Crippen molar-refractivity contribution < 1.29 is 4.39 Å². The zero-order chi connectivity index (χ0) is 13.4. The lowest BCUT2D eigenvalue weighted by Gasteiger charge is -2.27. The lowest BCUT2D eigenvalue weighted by atomic mass is 10.0. The van der Waals surface area contributed by atoms with Gasteiger partial charge in [0, 0.05) is 10.6 Å². The van der Waals surface area contributed by atoms with Crippen LogP contribution in [0.1, 0.15) is 29.4 Å². The average molecular weight is 277 g/mol. The van der Waals surface area contributed by atoms with Gasteiger partial charge in [-0.1, -0.05) is 12.1 Å². The van der Waals surface area contributed by atoms with E-state index in [0.717, 1.165) is 39.7 Å². The summed E-state index contributed by atoms with van der Waals surface area (Å²) in [6, 6.07) is 5.47. The number of nitrogens with zero attached hydrogens (tertiary/aromatic N) is 1. The number of hydrogen-bond acceptors (Lipinski definition) is 3. The van der Waals surface area contributed by atoms with Crippen molar-refractivity contribution >= 4 is 17.4 Å². The van der Waals surface area contributed by atoms with Gasteiger partial charge in [-0.25, -0.2) is 4.39 Å². The van der Waals surface area contributed by atoms with Gasteiger partial charge in [-0.15, -0.1) is 11.8 Å². The number of halogens is 1. The molecule has 0 amide bonds. The quantitative estimate of drug-likeness (QED) is 0.877. The first-order chi connectivity index (χ1) is 9.16. The van der Waals surface area contributed by atoms with Gasteiger partial charge in [0.1, 0.15) is 5.82 Å². The molecular weight excluding hydrogens is 261 g/mol. The summed E-state index contributed by atoms with van der Waals surface area (Å²) in [5.41, 5.74) is 4.06. The maximum absolute atomic E-state index is 13.8. The molecule has 5 heteroatoms.